The minimum atomic E-state index is -0.712. The zero-order valence-electron chi connectivity index (χ0n) is 7.24. The molecular formula is C9H6ClNO3. The monoisotopic (exact) mass is 211 g/mol. The summed E-state index contributed by atoms with van der Waals surface area (Å²) in [7, 11) is 1.18. The quantitative estimate of drug-likeness (QED) is 0.718. The van der Waals surface area contributed by atoms with Crippen molar-refractivity contribution in [3.05, 3.63) is 28.3 Å². The molecule has 1 rings (SSSR count). The van der Waals surface area contributed by atoms with Gasteiger partial charge in [0, 0.05) is 6.07 Å². The highest BCUT2D eigenvalue weighted by Gasteiger charge is 2.14. The van der Waals surface area contributed by atoms with Crippen LogP contribution in [0.3, 0.4) is 0 Å². The lowest BCUT2D eigenvalue weighted by Gasteiger charge is -2.03. The molecular weight excluding hydrogens is 206 g/mol. The van der Waals surface area contributed by atoms with Crippen LogP contribution in [0.2, 0.25) is 5.02 Å². The lowest BCUT2D eigenvalue weighted by molar-refractivity contribution is 0.0597. The average Bonchev–Trinajstić information content (AvgIpc) is 2.17. The van der Waals surface area contributed by atoms with E-state index in [0.29, 0.717) is 0 Å². The predicted molar refractivity (Wildman–Crippen MR) is 49.2 cm³/mol. The van der Waals surface area contributed by atoms with Gasteiger partial charge in [-0.2, -0.15) is 5.26 Å². The van der Waals surface area contributed by atoms with Gasteiger partial charge < -0.3 is 9.84 Å². The van der Waals surface area contributed by atoms with Gasteiger partial charge in [-0.05, 0) is 6.07 Å². The molecule has 14 heavy (non-hydrogen) atoms. The first-order chi connectivity index (χ1) is 6.60. The van der Waals surface area contributed by atoms with Gasteiger partial charge in [0.1, 0.15) is 17.4 Å². The number of phenolic OH excluding ortho intramolecular Hbond substituents is 1. The number of rotatable bonds is 1. The number of hydrogen-bond donors (Lipinski definition) is 1. The van der Waals surface area contributed by atoms with Crippen molar-refractivity contribution in [2.45, 2.75) is 0 Å². The standard InChI is InChI=1S/C9H6ClNO3/c1-14-9(13)6-2-5(4-11)7(10)3-8(6)12/h2-3,12H,1H3. The van der Waals surface area contributed by atoms with Crippen LogP contribution in [0.4, 0.5) is 0 Å². The van der Waals surface area contributed by atoms with Crippen molar-refractivity contribution < 1.29 is 14.6 Å². The SMILES string of the molecule is COC(=O)c1cc(C#N)c(Cl)cc1O. The highest BCUT2D eigenvalue weighted by molar-refractivity contribution is 6.32. The molecule has 1 aromatic carbocycles. The lowest BCUT2D eigenvalue weighted by Crippen LogP contribution is -2.02. The molecule has 5 heteroatoms. The largest absolute Gasteiger partial charge is 0.507 e. The van der Waals surface area contributed by atoms with Gasteiger partial charge in [-0.3, -0.25) is 0 Å². The Morgan fingerprint density at radius 3 is 2.79 bits per heavy atom. The van der Waals surface area contributed by atoms with E-state index in [2.05, 4.69) is 4.74 Å². The van der Waals surface area contributed by atoms with Crippen molar-refractivity contribution in [1.29, 1.82) is 5.26 Å². The Morgan fingerprint density at radius 1 is 1.64 bits per heavy atom. The third kappa shape index (κ3) is 1.78. The maximum atomic E-state index is 11.1. The molecule has 0 aliphatic carbocycles. The van der Waals surface area contributed by atoms with Gasteiger partial charge in [-0.25, -0.2) is 4.79 Å². The Labute approximate surface area is 85.3 Å². The summed E-state index contributed by atoms with van der Waals surface area (Å²) in [5.74, 6) is -1.02. The zero-order chi connectivity index (χ0) is 10.7. The van der Waals surface area contributed by atoms with E-state index in [-0.39, 0.29) is 21.9 Å². The number of carbonyl (C=O) groups is 1. The summed E-state index contributed by atoms with van der Waals surface area (Å²) < 4.78 is 4.41. The Bertz CT molecular complexity index is 423. The summed E-state index contributed by atoms with van der Waals surface area (Å²) in [5, 5.41) is 18.0. The fraction of sp³-hybridized carbons (Fsp3) is 0.111. The van der Waals surface area contributed by atoms with E-state index in [4.69, 9.17) is 16.9 Å². The van der Waals surface area contributed by atoms with E-state index in [1.54, 1.807) is 6.07 Å². The number of aromatic hydroxyl groups is 1. The molecule has 0 unspecified atom stereocenters. The average molecular weight is 212 g/mol. The van der Waals surface area contributed by atoms with Crippen molar-refractivity contribution in [2.75, 3.05) is 7.11 Å². The van der Waals surface area contributed by atoms with E-state index < -0.39 is 5.97 Å². The molecule has 72 valence electrons. The van der Waals surface area contributed by atoms with Gasteiger partial charge in [0.25, 0.3) is 0 Å². The minimum Gasteiger partial charge on any atom is -0.507 e. The van der Waals surface area contributed by atoms with E-state index in [9.17, 15) is 9.90 Å². The molecule has 0 aliphatic rings. The van der Waals surface area contributed by atoms with Crippen molar-refractivity contribution >= 4 is 17.6 Å². The summed E-state index contributed by atoms with van der Waals surface area (Å²) >= 11 is 5.61. The molecule has 1 aromatic rings. The number of carbonyl (C=O) groups excluding carboxylic acids is 1. The van der Waals surface area contributed by atoms with Crippen LogP contribution in [-0.2, 0) is 4.74 Å². The van der Waals surface area contributed by atoms with Crippen molar-refractivity contribution in [3.8, 4) is 11.8 Å². The summed E-state index contributed by atoms with van der Waals surface area (Å²) in [6.07, 6.45) is 0. The topological polar surface area (TPSA) is 70.3 Å². The molecule has 0 heterocycles. The number of benzene rings is 1. The molecule has 0 amide bonds. The van der Waals surface area contributed by atoms with Crippen molar-refractivity contribution in [1.82, 2.24) is 0 Å². The number of nitriles is 1. The molecule has 0 aliphatic heterocycles. The fourth-order valence-corrected chi connectivity index (χ4v) is 1.12. The summed E-state index contributed by atoms with van der Waals surface area (Å²) in [5.41, 5.74) is 0.0401. The predicted octanol–water partition coefficient (Wildman–Crippen LogP) is 1.70. The third-order valence-corrected chi connectivity index (χ3v) is 1.92. The summed E-state index contributed by atoms with van der Waals surface area (Å²) in [6.45, 7) is 0. The highest BCUT2D eigenvalue weighted by atomic mass is 35.5. The maximum Gasteiger partial charge on any atom is 0.341 e. The van der Waals surface area contributed by atoms with Crippen LogP contribution >= 0.6 is 11.6 Å². The molecule has 0 aromatic heterocycles. The van der Waals surface area contributed by atoms with E-state index in [1.165, 1.54) is 13.2 Å². The second kappa shape index (κ2) is 3.99. The maximum absolute atomic E-state index is 11.1. The Morgan fingerprint density at radius 2 is 2.29 bits per heavy atom. The number of phenols is 1. The first-order valence-corrected chi connectivity index (χ1v) is 3.99. The molecule has 1 N–H and O–H groups in total. The van der Waals surface area contributed by atoms with Crippen LogP contribution in [0.5, 0.6) is 5.75 Å². The van der Waals surface area contributed by atoms with E-state index >= 15 is 0 Å². The van der Waals surface area contributed by atoms with Gasteiger partial charge in [0.15, 0.2) is 0 Å². The molecule has 0 bridgehead atoms. The van der Waals surface area contributed by atoms with Gasteiger partial charge in [0.05, 0.1) is 17.7 Å². The van der Waals surface area contributed by atoms with Crippen LogP contribution in [0, 0.1) is 11.3 Å². The molecule has 0 saturated carbocycles. The minimum absolute atomic E-state index is 0.0755. The summed E-state index contributed by atoms with van der Waals surface area (Å²) in [4.78, 5) is 11.1. The molecule has 0 atom stereocenters. The molecule has 0 saturated heterocycles. The Hall–Kier alpha value is -1.73. The van der Waals surface area contributed by atoms with Crippen LogP contribution in [0.1, 0.15) is 15.9 Å². The van der Waals surface area contributed by atoms with Crippen LogP contribution in [0.15, 0.2) is 12.1 Å². The highest BCUT2D eigenvalue weighted by Crippen LogP contribution is 2.26. The first kappa shape index (κ1) is 10.4. The molecule has 0 radical (unpaired) electrons. The van der Waals surface area contributed by atoms with E-state index in [0.717, 1.165) is 6.07 Å². The first-order valence-electron chi connectivity index (χ1n) is 3.61. The Balaban J connectivity index is 3.33. The number of hydrogen-bond acceptors (Lipinski definition) is 4. The smallest absolute Gasteiger partial charge is 0.341 e. The van der Waals surface area contributed by atoms with Crippen molar-refractivity contribution in [2.24, 2.45) is 0 Å². The van der Waals surface area contributed by atoms with E-state index in [1.807, 2.05) is 0 Å². The second-order valence-electron chi connectivity index (χ2n) is 2.45. The number of methoxy groups -OCH3 is 1. The van der Waals surface area contributed by atoms with Crippen molar-refractivity contribution in [3.63, 3.8) is 0 Å². The normalized spacial score (nSPS) is 9.21. The van der Waals surface area contributed by atoms with Crippen LogP contribution in [0.25, 0.3) is 0 Å². The van der Waals surface area contributed by atoms with Gasteiger partial charge in [-0.15, -0.1) is 0 Å². The molecule has 0 fully saturated rings. The third-order valence-electron chi connectivity index (χ3n) is 1.61. The van der Waals surface area contributed by atoms with Gasteiger partial charge in [0.2, 0.25) is 0 Å². The summed E-state index contributed by atoms with van der Waals surface area (Å²) in [6, 6.07) is 4.11. The van der Waals surface area contributed by atoms with Gasteiger partial charge >= 0.3 is 5.97 Å². The number of nitrogens with zero attached hydrogens (tertiary/aromatic N) is 1. The van der Waals surface area contributed by atoms with Gasteiger partial charge in [-0.1, -0.05) is 11.6 Å². The molecule has 0 spiro atoms. The van der Waals surface area contributed by atoms with Crippen LogP contribution in [-0.4, -0.2) is 18.2 Å². The fourth-order valence-electron chi connectivity index (χ4n) is 0.922. The lowest BCUT2D eigenvalue weighted by atomic mass is 10.1. The second-order valence-corrected chi connectivity index (χ2v) is 2.86. The van der Waals surface area contributed by atoms with Crippen LogP contribution < -0.4 is 0 Å². The zero-order valence-corrected chi connectivity index (χ0v) is 8.00. The number of halogens is 1. The number of esters is 1. The molecule has 4 nitrogen and oxygen atoms in total. The Kier molecular flexibility index (Phi) is 2.95. The number of ether oxygens (including phenoxy) is 1.